The van der Waals surface area contributed by atoms with Gasteiger partial charge in [-0.2, -0.15) is 0 Å². The average molecular weight is 487 g/mol. The fourth-order valence-electron chi connectivity index (χ4n) is 4.54. The van der Waals surface area contributed by atoms with Gasteiger partial charge in [0.1, 0.15) is 11.6 Å². The molecule has 0 spiro atoms. The summed E-state index contributed by atoms with van der Waals surface area (Å²) < 4.78 is 28.1. The minimum Gasteiger partial charge on any atom is -0.207 e. The van der Waals surface area contributed by atoms with Gasteiger partial charge in [0.25, 0.3) is 0 Å². The molecule has 0 aliphatic carbocycles. The molecule has 0 heterocycles. The third kappa shape index (κ3) is 6.10. The third-order valence-corrected chi connectivity index (χ3v) is 6.74. The molecule has 5 aromatic carbocycles. The van der Waals surface area contributed by atoms with Gasteiger partial charge in [0.2, 0.25) is 0 Å². The van der Waals surface area contributed by atoms with Crippen molar-refractivity contribution in [1.29, 1.82) is 0 Å². The number of halogens is 2. The first-order valence-electron chi connectivity index (χ1n) is 12.5. The normalized spacial score (nSPS) is 12.1. The van der Waals surface area contributed by atoms with E-state index in [4.69, 9.17) is 0 Å². The Bertz CT molecular complexity index is 1480. The number of rotatable bonds is 7. The van der Waals surface area contributed by atoms with Crippen molar-refractivity contribution < 1.29 is 8.78 Å². The number of hydrogen-bond acceptors (Lipinski definition) is 0. The van der Waals surface area contributed by atoms with Gasteiger partial charge in [-0.1, -0.05) is 122 Å². The van der Waals surface area contributed by atoms with E-state index in [0.29, 0.717) is 11.5 Å². The molecule has 1 atom stereocenters. The molecule has 0 bridgehead atoms. The summed E-state index contributed by atoms with van der Waals surface area (Å²) >= 11 is 0. The molecule has 0 nitrogen and oxygen atoms in total. The maximum atomic E-state index is 14.9. The van der Waals surface area contributed by atoms with Crippen molar-refractivity contribution in [2.75, 3.05) is 0 Å². The van der Waals surface area contributed by atoms with Crippen LogP contribution in [0, 0.1) is 11.6 Å². The summed E-state index contributed by atoms with van der Waals surface area (Å²) in [4.78, 5) is 0. The van der Waals surface area contributed by atoms with Crippen molar-refractivity contribution in [3.8, 4) is 22.3 Å². The average Bonchev–Trinajstić information content (AvgIpc) is 2.94. The maximum absolute atomic E-state index is 14.9. The topological polar surface area (TPSA) is 0 Å². The van der Waals surface area contributed by atoms with Crippen molar-refractivity contribution in [3.63, 3.8) is 0 Å². The van der Waals surface area contributed by atoms with Crippen LogP contribution >= 0.6 is 0 Å². The first-order chi connectivity index (χ1) is 18.0. The van der Waals surface area contributed by atoms with Crippen molar-refractivity contribution in [1.82, 2.24) is 0 Å². The van der Waals surface area contributed by atoms with Crippen molar-refractivity contribution in [3.05, 3.63) is 155 Å². The van der Waals surface area contributed by atoms with Gasteiger partial charge in [0, 0.05) is 5.56 Å². The molecule has 1 unspecified atom stereocenters. The highest BCUT2D eigenvalue weighted by atomic mass is 19.1. The second-order valence-corrected chi connectivity index (χ2v) is 9.41. The van der Waals surface area contributed by atoms with E-state index in [2.05, 4.69) is 55.5 Å². The largest absolute Gasteiger partial charge is 0.207 e. The van der Waals surface area contributed by atoms with Crippen molar-refractivity contribution >= 4 is 12.2 Å². The number of benzene rings is 5. The van der Waals surface area contributed by atoms with Crippen LogP contribution in [0.2, 0.25) is 0 Å². The molecule has 0 saturated carbocycles. The highest BCUT2D eigenvalue weighted by Crippen LogP contribution is 2.26. The van der Waals surface area contributed by atoms with Crippen molar-refractivity contribution in [2.24, 2.45) is 0 Å². The van der Waals surface area contributed by atoms with E-state index in [1.165, 1.54) is 23.3 Å². The summed E-state index contributed by atoms with van der Waals surface area (Å²) in [5, 5.41) is 0. The molecular formula is C35H28F2. The molecule has 37 heavy (non-hydrogen) atoms. The molecule has 0 N–H and O–H groups in total. The Balaban J connectivity index is 1.25. The van der Waals surface area contributed by atoms with E-state index >= 15 is 0 Å². The Kier molecular flexibility index (Phi) is 7.37. The Morgan fingerprint density at radius 2 is 1.16 bits per heavy atom. The number of hydrogen-bond donors (Lipinski definition) is 0. The monoisotopic (exact) mass is 486 g/mol. The molecular weight excluding hydrogens is 458 g/mol. The SMILES string of the molecule is CC(Cc1ccc(-c2ccc(/C=C/c3ccc(-c4ccc(F)cc4)cc3)c(F)c2)cc1)c1ccccc1. The minimum absolute atomic E-state index is 0.248. The molecule has 2 heteroatoms. The predicted molar refractivity (Wildman–Crippen MR) is 151 cm³/mol. The highest BCUT2D eigenvalue weighted by molar-refractivity contribution is 5.74. The molecule has 0 aromatic heterocycles. The van der Waals surface area contributed by atoms with Gasteiger partial charge in [-0.15, -0.1) is 0 Å². The van der Waals surface area contributed by atoms with E-state index < -0.39 is 0 Å². The van der Waals surface area contributed by atoms with E-state index in [1.54, 1.807) is 24.3 Å². The molecule has 182 valence electrons. The molecule has 5 rings (SSSR count). The Hall–Kier alpha value is -4.30. The van der Waals surface area contributed by atoms with E-state index in [1.807, 2.05) is 48.5 Å². The van der Waals surface area contributed by atoms with Crippen LogP contribution in [0.15, 0.2) is 121 Å². The van der Waals surface area contributed by atoms with Crippen LogP contribution in [0.25, 0.3) is 34.4 Å². The summed E-state index contributed by atoms with van der Waals surface area (Å²) in [6.07, 6.45) is 4.66. The standard InChI is InChI=1S/C35H28F2/c1-25(28-5-3-2-4-6-28)23-27-10-14-31(15-11-27)33-18-17-32(35(37)24-33)16-9-26-7-12-29(13-8-26)30-19-21-34(36)22-20-30/h2-22,24-25H,23H2,1H3/b16-9+. The lowest BCUT2D eigenvalue weighted by molar-refractivity contribution is 0.625. The van der Waals surface area contributed by atoms with Crippen LogP contribution in [0.5, 0.6) is 0 Å². The molecule has 0 amide bonds. The van der Waals surface area contributed by atoms with Crippen LogP contribution in [-0.4, -0.2) is 0 Å². The molecule has 0 aliphatic heterocycles. The quantitative estimate of drug-likeness (QED) is 0.201. The maximum Gasteiger partial charge on any atom is 0.131 e. The van der Waals surface area contributed by atoms with Gasteiger partial charge < -0.3 is 0 Å². The summed E-state index contributed by atoms with van der Waals surface area (Å²) in [6, 6.07) is 38.7. The highest BCUT2D eigenvalue weighted by Gasteiger charge is 2.08. The zero-order valence-electron chi connectivity index (χ0n) is 20.7. The molecule has 0 saturated heterocycles. The zero-order valence-corrected chi connectivity index (χ0v) is 20.7. The van der Waals surface area contributed by atoms with Gasteiger partial charge in [-0.25, -0.2) is 8.78 Å². The van der Waals surface area contributed by atoms with Crippen molar-refractivity contribution in [2.45, 2.75) is 19.3 Å². The fourth-order valence-corrected chi connectivity index (χ4v) is 4.54. The second-order valence-electron chi connectivity index (χ2n) is 9.41. The lowest BCUT2D eigenvalue weighted by atomic mass is 9.93. The Labute approximate surface area is 217 Å². The Morgan fingerprint density at radius 3 is 1.81 bits per heavy atom. The molecule has 0 radical (unpaired) electrons. The first kappa shape index (κ1) is 24.4. The first-order valence-corrected chi connectivity index (χ1v) is 12.5. The van der Waals surface area contributed by atoms with Gasteiger partial charge in [0.15, 0.2) is 0 Å². The van der Waals surface area contributed by atoms with E-state index in [9.17, 15) is 8.78 Å². The summed E-state index contributed by atoms with van der Waals surface area (Å²) in [7, 11) is 0. The van der Waals surface area contributed by atoms with Crippen LogP contribution in [0.4, 0.5) is 8.78 Å². The lowest BCUT2D eigenvalue weighted by Crippen LogP contribution is -1.98. The lowest BCUT2D eigenvalue weighted by Gasteiger charge is -2.12. The van der Waals surface area contributed by atoms with Gasteiger partial charge in [0.05, 0.1) is 0 Å². The van der Waals surface area contributed by atoms with Gasteiger partial charge in [-0.05, 0) is 69.5 Å². The summed E-state index contributed by atoms with van der Waals surface area (Å²) in [6.45, 7) is 2.24. The van der Waals surface area contributed by atoms with Crippen LogP contribution in [0.1, 0.15) is 35.1 Å². The van der Waals surface area contributed by atoms with Gasteiger partial charge >= 0.3 is 0 Å². The molecule has 0 aliphatic rings. The Morgan fingerprint density at radius 1 is 0.595 bits per heavy atom. The molecule has 0 fully saturated rings. The minimum atomic E-state index is -0.251. The van der Waals surface area contributed by atoms with E-state index in [0.717, 1.165) is 34.2 Å². The smallest absolute Gasteiger partial charge is 0.131 e. The summed E-state index contributed by atoms with van der Waals surface area (Å²) in [5.41, 5.74) is 7.94. The predicted octanol–water partition coefficient (Wildman–Crippen LogP) is 9.82. The van der Waals surface area contributed by atoms with Crippen LogP contribution in [0.3, 0.4) is 0 Å². The molecule has 5 aromatic rings. The van der Waals surface area contributed by atoms with E-state index in [-0.39, 0.29) is 11.6 Å². The zero-order chi connectivity index (χ0) is 25.6. The van der Waals surface area contributed by atoms with Crippen LogP contribution in [-0.2, 0) is 6.42 Å². The fraction of sp³-hybridized carbons (Fsp3) is 0.0857. The second kappa shape index (κ2) is 11.2. The third-order valence-electron chi connectivity index (χ3n) is 6.74. The summed E-state index contributed by atoms with van der Waals surface area (Å²) in [5.74, 6) is -0.0602. The van der Waals surface area contributed by atoms with Gasteiger partial charge in [-0.3, -0.25) is 0 Å². The van der Waals surface area contributed by atoms with Crippen LogP contribution < -0.4 is 0 Å².